The highest BCUT2D eigenvalue weighted by Crippen LogP contribution is 2.25. The van der Waals surface area contributed by atoms with Gasteiger partial charge in [-0.1, -0.05) is 30.3 Å². The summed E-state index contributed by atoms with van der Waals surface area (Å²) in [5.41, 5.74) is 3.76. The zero-order chi connectivity index (χ0) is 17.2. The number of nitrogens with one attached hydrogen (secondary N) is 2. The third-order valence-corrected chi connectivity index (χ3v) is 4.46. The Hall–Kier alpha value is -3.15. The predicted molar refractivity (Wildman–Crippen MR) is 94.8 cm³/mol. The van der Waals surface area contributed by atoms with Gasteiger partial charge >= 0.3 is 0 Å². The van der Waals surface area contributed by atoms with Crippen molar-refractivity contribution in [3.05, 3.63) is 54.4 Å². The maximum atomic E-state index is 12.5. The number of rotatable bonds is 3. The average Bonchev–Trinajstić information content (AvgIpc) is 3.04. The van der Waals surface area contributed by atoms with Gasteiger partial charge in [0.25, 0.3) is 0 Å². The lowest BCUT2D eigenvalue weighted by atomic mass is 10.0. The number of hydrogen-bond donors (Lipinski definition) is 2. The van der Waals surface area contributed by atoms with Gasteiger partial charge in [0.1, 0.15) is 5.65 Å². The van der Waals surface area contributed by atoms with Crippen molar-refractivity contribution in [2.45, 2.75) is 6.42 Å². The maximum absolute atomic E-state index is 12.5. The van der Waals surface area contributed by atoms with Crippen LogP contribution in [-0.4, -0.2) is 46.3 Å². The summed E-state index contributed by atoms with van der Waals surface area (Å²) in [6, 6.07) is 12.1. The van der Waals surface area contributed by atoms with Crippen molar-refractivity contribution in [2.24, 2.45) is 0 Å². The molecule has 6 nitrogen and oxygen atoms in total. The van der Waals surface area contributed by atoms with E-state index in [9.17, 15) is 9.59 Å². The molecule has 2 amide bonds. The Morgan fingerprint density at radius 2 is 2.04 bits per heavy atom. The van der Waals surface area contributed by atoms with Crippen molar-refractivity contribution in [3.63, 3.8) is 0 Å². The van der Waals surface area contributed by atoms with Crippen molar-refractivity contribution >= 4 is 22.8 Å². The SMILES string of the molecule is O=C1CN(C(=O)Cc2c[nH]c3ncc(-c4ccccc4)cc23)CCN1. The molecule has 1 aliphatic rings. The molecule has 6 heteroatoms. The van der Waals surface area contributed by atoms with Crippen LogP contribution >= 0.6 is 0 Å². The van der Waals surface area contributed by atoms with E-state index in [1.807, 2.05) is 42.7 Å². The van der Waals surface area contributed by atoms with Crippen LogP contribution < -0.4 is 5.32 Å². The number of hydrogen-bond acceptors (Lipinski definition) is 3. The molecule has 126 valence electrons. The van der Waals surface area contributed by atoms with Gasteiger partial charge in [0.15, 0.2) is 0 Å². The summed E-state index contributed by atoms with van der Waals surface area (Å²) in [6.07, 6.45) is 3.91. The van der Waals surface area contributed by atoms with E-state index in [2.05, 4.69) is 21.4 Å². The molecule has 0 spiro atoms. The fraction of sp³-hybridized carbons (Fsp3) is 0.211. The van der Waals surface area contributed by atoms with Gasteiger partial charge in [-0.05, 0) is 17.2 Å². The molecule has 0 bridgehead atoms. The zero-order valence-electron chi connectivity index (χ0n) is 13.7. The molecular weight excluding hydrogens is 316 g/mol. The molecule has 0 aliphatic carbocycles. The van der Waals surface area contributed by atoms with E-state index in [4.69, 9.17) is 0 Å². The van der Waals surface area contributed by atoms with Crippen molar-refractivity contribution in [1.29, 1.82) is 0 Å². The number of pyridine rings is 1. The summed E-state index contributed by atoms with van der Waals surface area (Å²) < 4.78 is 0. The monoisotopic (exact) mass is 334 g/mol. The summed E-state index contributed by atoms with van der Waals surface area (Å²) in [5.74, 6) is -0.146. The largest absolute Gasteiger partial charge is 0.353 e. The number of carbonyl (C=O) groups is 2. The van der Waals surface area contributed by atoms with E-state index >= 15 is 0 Å². The predicted octanol–water partition coefficient (Wildman–Crippen LogP) is 1.73. The molecule has 25 heavy (non-hydrogen) atoms. The second kappa shape index (κ2) is 6.39. The molecule has 4 rings (SSSR count). The highest BCUT2D eigenvalue weighted by molar-refractivity contribution is 5.91. The first-order chi connectivity index (χ1) is 12.2. The first-order valence-corrected chi connectivity index (χ1v) is 8.26. The number of amides is 2. The summed E-state index contributed by atoms with van der Waals surface area (Å²) in [4.78, 5) is 33.2. The second-order valence-corrected chi connectivity index (χ2v) is 6.14. The van der Waals surface area contributed by atoms with Crippen molar-refractivity contribution in [3.8, 4) is 11.1 Å². The Morgan fingerprint density at radius 3 is 2.84 bits per heavy atom. The Balaban J connectivity index is 1.61. The van der Waals surface area contributed by atoms with Crippen LogP contribution in [0.5, 0.6) is 0 Å². The van der Waals surface area contributed by atoms with E-state index in [0.717, 1.165) is 27.7 Å². The van der Waals surface area contributed by atoms with Crippen LogP contribution in [0.15, 0.2) is 48.8 Å². The lowest BCUT2D eigenvalue weighted by molar-refractivity contribution is -0.137. The highest BCUT2D eigenvalue weighted by atomic mass is 16.2. The summed E-state index contributed by atoms with van der Waals surface area (Å²) in [5, 5.41) is 3.67. The van der Waals surface area contributed by atoms with Gasteiger partial charge in [0.2, 0.25) is 11.8 Å². The Labute approximate surface area is 144 Å². The maximum Gasteiger partial charge on any atom is 0.239 e. The second-order valence-electron chi connectivity index (χ2n) is 6.14. The summed E-state index contributed by atoms with van der Waals surface area (Å²) >= 11 is 0. The number of nitrogens with zero attached hydrogens (tertiary/aromatic N) is 2. The number of aromatic nitrogens is 2. The first kappa shape index (κ1) is 15.4. The van der Waals surface area contributed by atoms with Crippen LogP contribution in [0.4, 0.5) is 0 Å². The van der Waals surface area contributed by atoms with Gasteiger partial charge in [-0.2, -0.15) is 0 Å². The molecule has 3 heterocycles. The van der Waals surface area contributed by atoms with E-state index in [-0.39, 0.29) is 24.8 Å². The van der Waals surface area contributed by atoms with Gasteiger partial charge in [-0.3, -0.25) is 9.59 Å². The highest BCUT2D eigenvalue weighted by Gasteiger charge is 2.22. The Kier molecular flexibility index (Phi) is 3.93. The number of H-pyrrole nitrogens is 1. The van der Waals surface area contributed by atoms with Crippen molar-refractivity contribution < 1.29 is 9.59 Å². The molecule has 1 aromatic carbocycles. The topological polar surface area (TPSA) is 78.1 Å². The lowest BCUT2D eigenvalue weighted by Gasteiger charge is -2.26. The molecule has 3 aromatic rings. The molecule has 1 aliphatic heterocycles. The minimum atomic E-state index is -0.105. The minimum Gasteiger partial charge on any atom is -0.353 e. The fourth-order valence-corrected chi connectivity index (χ4v) is 3.12. The van der Waals surface area contributed by atoms with Gasteiger partial charge in [-0.25, -0.2) is 4.98 Å². The van der Waals surface area contributed by atoms with E-state index in [0.29, 0.717) is 13.1 Å². The number of fused-ring (bicyclic) bond motifs is 1. The van der Waals surface area contributed by atoms with Crippen LogP contribution in [0.2, 0.25) is 0 Å². The zero-order valence-corrected chi connectivity index (χ0v) is 13.7. The Morgan fingerprint density at radius 1 is 1.20 bits per heavy atom. The van der Waals surface area contributed by atoms with Crippen LogP contribution in [0.1, 0.15) is 5.56 Å². The van der Waals surface area contributed by atoms with E-state index < -0.39 is 0 Å². The number of benzene rings is 1. The first-order valence-electron chi connectivity index (χ1n) is 8.26. The summed E-state index contributed by atoms with van der Waals surface area (Å²) in [7, 11) is 0. The lowest BCUT2D eigenvalue weighted by Crippen LogP contribution is -2.50. The van der Waals surface area contributed by atoms with Crippen molar-refractivity contribution in [2.75, 3.05) is 19.6 Å². The molecule has 2 N–H and O–H groups in total. The van der Waals surface area contributed by atoms with Gasteiger partial charge in [0.05, 0.1) is 13.0 Å². The molecule has 2 aromatic heterocycles. The standard InChI is InChI=1S/C19H18N4O2/c24-17-12-23(7-6-20-17)18(25)9-15-11-22-19-16(15)8-14(10-21-19)13-4-2-1-3-5-13/h1-5,8,10-11H,6-7,9,12H2,(H,20,24)(H,21,22). The normalized spacial score (nSPS) is 14.6. The molecule has 0 atom stereocenters. The van der Waals surface area contributed by atoms with Gasteiger partial charge in [0, 0.05) is 36.4 Å². The van der Waals surface area contributed by atoms with Crippen LogP contribution in [-0.2, 0) is 16.0 Å². The molecule has 0 radical (unpaired) electrons. The quantitative estimate of drug-likeness (QED) is 0.766. The molecule has 0 unspecified atom stereocenters. The fourth-order valence-electron chi connectivity index (χ4n) is 3.12. The van der Waals surface area contributed by atoms with E-state index in [1.54, 1.807) is 4.90 Å². The van der Waals surface area contributed by atoms with Gasteiger partial charge < -0.3 is 15.2 Å². The minimum absolute atomic E-state index is 0.0409. The van der Waals surface area contributed by atoms with Gasteiger partial charge in [-0.15, -0.1) is 0 Å². The molecular formula is C19H18N4O2. The third-order valence-electron chi connectivity index (χ3n) is 4.46. The average molecular weight is 334 g/mol. The van der Waals surface area contributed by atoms with Crippen LogP contribution in [0, 0.1) is 0 Å². The number of carbonyl (C=O) groups excluding carboxylic acids is 2. The number of piperazine rings is 1. The van der Waals surface area contributed by atoms with Crippen LogP contribution in [0.25, 0.3) is 22.2 Å². The van der Waals surface area contributed by atoms with E-state index in [1.165, 1.54) is 0 Å². The third kappa shape index (κ3) is 3.10. The smallest absolute Gasteiger partial charge is 0.239 e. The molecule has 1 fully saturated rings. The molecule has 0 saturated carbocycles. The number of aromatic amines is 1. The Bertz CT molecular complexity index is 933. The van der Waals surface area contributed by atoms with Crippen LogP contribution in [0.3, 0.4) is 0 Å². The van der Waals surface area contributed by atoms with Crippen molar-refractivity contribution in [1.82, 2.24) is 20.2 Å². The summed E-state index contributed by atoms with van der Waals surface area (Å²) in [6.45, 7) is 1.20. The molecule has 1 saturated heterocycles.